The first-order chi connectivity index (χ1) is 9.71. The second-order valence-corrected chi connectivity index (χ2v) is 5.40. The van der Waals surface area contributed by atoms with Crippen molar-refractivity contribution in [1.82, 2.24) is 10.6 Å². The number of methoxy groups -OCH3 is 1. The fourth-order valence-electron chi connectivity index (χ4n) is 1.82. The van der Waals surface area contributed by atoms with Crippen molar-refractivity contribution in [2.24, 2.45) is 4.99 Å². The molecular formula is C15H26IN3OS. The summed E-state index contributed by atoms with van der Waals surface area (Å²) in [6.07, 6.45) is 2.10. The molecule has 0 saturated carbocycles. The Labute approximate surface area is 149 Å². The van der Waals surface area contributed by atoms with E-state index >= 15 is 0 Å². The summed E-state index contributed by atoms with van der Waals surface area (Å²) in [6.45, 7) is 6.58. The molecule has 0 fully saturated rings. The highest BCUT2D eigenvalue weighted by Crippen LogP contribution is 2.18. The van der Waals surface area contributed by atoms with Crippen molar-refractivity contribution in [2.75, 3.05) is 32.2 Å². The number of nitrogens with zero attached hydrogens (tertiary/aromatic N) is 1. The molecule has 0 aliphatic rings. The van der Waals surface area contributed by atoms with Crippen molar-refractivity contribution in [2.45, 2.75) is 20.4 Å². The molecule has 21 heavy (non-hydrogen) atoms. The summed E-state index contributed by atoms with van der Waals surface area (Å²) < 4.78 is 5.27. The van der Waals surface area contributed by atoms with Gasteiger partial charge in [-0.15, -0.1) is 24.0 Å². The van der Waals surface area contributed by atoms with Crippen LogP contribution in [0.25, 0.3) is 0 Å². The SMILES string of the molecule is CCNC(=NCc1ccc(OC)c(C)c1)NCCSC.I. The molecule has 6 heteroatoms. The van der Waals surface area contributed by atoms with Crippen LogP contribution < -0.4 is 15.4 Å². The van der Waals surface area contributed by atoms with Gasteiger partial charge in [0.15, 0.2) is 5.96 Å². The van der Waals surface area contributed by atoms with Gasteiger partial charge in [0.1, 0.15) is 5.75 Å². The van der Waals surface area contributed by atoms with Crippen molar-refractivity contribution < 1.29 is 4.74 Å². The zero-order valence-electron chi connectivity index (χ0n) is 13.2. The van der Waals surface area contributed by atoms with Crippen molar-refractivity contribution in [3.05, 3.63) is 29.3 Å². The number of halogens is 1. The molecule has 0 aliphatic carbocycles. The van der Waals surface area contributed by atoms with Crippen LogP contribution in [-0.4, -0.2) is 38.2 Å². The van der Waals surface area contributed by atoms with E-state index in [2.05, 4.69) is 40.9 Å². The van der Waals surface area contributed by atoms with E-state index in [9.17, 15) is 0 Å². The summed E-state index contributed by atoms with van der Waals surface area (Å²) in [4.78, 5) is 4.60. The molecule has 4 nitrogen and oxygen atoms in total. The molecule has 0 amide bonds. The minimum atomic E-state index is 0. The number of nitrogens with one attached hydrogen (secondary N) is 2. The van der Waals surface area contributed by atoms with Gasteiger partial charge in [0.25, 0.3) is 0 Å². The van der Waals surface area contributed by atoms with Crippen LogP contribution in [0.5, 0.6) is 5.75 Å². The first-order valence-electron chi connectivity index (χ1n) is 6.85. The van der Waals surface area contributed by atoms with E-state index in [1.54, 1.807) is 7.11 Å². The summed E-state index contributed by atoms with van der Waals surface area (Å²) in [7, 11) is 1.69. The Morgan fingerprint density at radius 3 is 2.67 bits per heavy atom. The maximum absolute atomic E-state index is 5.27. The van der Waals surface area contributed by atoms with Gasteiger partial charge in [0.2, 0.25) is 0 Å². The van der Waals surface area contributed by atoms with E-state index < -0.39 is 0 Å². The van der Waals surface area contributed by atoms with E-state index in [-0.39, 0.29) is 24.0 Å². The molecule has 0 radical (unpaired) electrons. The fourth-order valence-corrected chi connectivity index (χ4v) is 2.13. The summed E-state index contributed by atoms with van der Waals surface area (Å²) >= 11 is 1.82. The molecule has 1 rings (SSSR count). The summed E-state index contributed by atoms with van der Waals surface area (Å²) in [6, 6.07) is 6.17. The quantitative estimate of drug-likeness (QED) is 0.306. The monoisotopic (exact) mass is 423 g/mol. The molecule has 0 aliphatic heterocycles. The maximum Gasteiger partial charge on any atom is 0.191 e. The lowest BCUT2D eigenvalue weighted by Gasteiger charge is -2.11. The third-order valence-electron chi connectivity index (χ3n) is 2.82. The molecular weight excluding hydrogens is 397 g/mol. The molecule has 0 unspecified atom stereocenters. The summed E-state index contributed by atoms with van der Waals surface area (Å²) in [5.41, 5.74) is 2.32. The Bertz CT molecular complexity index is 441. The van der Waals surface area contributed by atoms with Crippen molar-refractivity contribution >= 4 is 41.7 Å². The maximum atomic E-state index is 5.27. The predicted octanol–water partition coefficient (Wildman–Crippen LogP) is 3.04. The fraction of sp³-hybridized carbons (Fsp3) is 0.533. The second kappa shape index (κ2) is 12.0. The van der Waals surface area contributed by atoms with Crippen LogP contribution in [0.4, 0.5) is 0 Å². The molecule has 0 saturated heterocycles. The van der Waals surface area contributed by atoms with Crippen LogP contribution in [0.15, 0.2) is 23.2 Å². The zero-order valence-corrected chi connectivity index (χ0v) is 16.4. The third-order valence-corrected chi connectivity index (χ3v) is 3.43. The molecule has 120 valence electrons. The van der Waals surface area contributed by atoms with Gasteiger partial charge in [-0.1, -0.05) is 12.1 Å². The highest BCUT2D eigenvalue weighted by Gasteiger charge is 2.01. The molecule has 0 spiro atoms. The Morgan fingerprint density at radius 1 is 1.33 bits per heavy atom. The predicted molar refractivity (Wildman–Crippen MR) is 104 cm³/mol. The Hall–Kier alpha value is -0.630. The van der Waals surface area contributed by atoms with Crippen LogP contribution in [0.1, 0.15) is 18.1 Å². The smallest absolute Gasteiger partial charge is 0.191 e. The van der Waals surface area contributed by atoms with Crippen molar-refractivity contribution in [3.63, 3.8) is 0 Å². The average molecular weight is 423 g/mol. The van der Waals surface area contributed by atoms with Gasteiger partial charge in [-0.25, -0.2) is 4.99 Å². The number of aryl methyl sites for hydroxylation is 1. The third kappa shape index (κ3) is 7.80. The van der Waals surface area contributed by atoms with Crippen LogP contribution in [0, 0.1) is 6.92 Å². The normalized spacial score (nSPS) is 10.8. The van der Waals surface area contributed by atoms with Crippen LogP contribution in [-0.2, 0) is 6.54 Å². The van der Waals surface area contributed by atoms with Crippen molar-refractivity contribution in [1.29, 1.82) is 0 Å². The minimum Gasteiger partial charge on any atom is -0.496 e. The van der Waals surface area contributed by atoms with Crippen LogP contribution in [0.2, 0.25) is 0 Å². The largest absolute Gasteiger partial charge is 0.496 e. The lowest BCUT2D eigenvalue weighted by atomic mass is 10.1. The number of benzene rings is 1. The lowest BCUT2D eigenvalue weighted by molar-refractivity contribution is 0.411. The van der Waals surface area contributed by atoms with Gasteiger partial charge >= 0.3 is 0 Å². The highest BCUT2D eigenvalue weighted by molar-refractivity contribution is 14.0. The van der Waals surface area contributed by atoms with Gasteiger partial charge < -0.3 is 15.4 Å². The first kappa shape index (κ1) is 20.4. The van der Waals surface area contributed by atoms with Gasteiger partial charge in [0.05, 0.1) is 13.7 Å². The minimum absolute atomic E-state index is 0. The number of hydrogen-bond donors (Lipinski definition) is 2. The van der Waals surface area contributed by atoms with E-state index in [4.69, 9.17) is 4.74 Å². The Balaban J connectivity index is 0.00000400. The molecule has 0 bridgehead atoms. The highest BCUT2D eigenvalue weighted by atomic mass is 127. The van der Waals surface area contributed by atoms with E-state index in [0.29, 0.717) is 6.54 Å². The number of hydrogen-bond acceptors (Lipinski definition) is 3. The average Bonchev–Trinajstić information content (AvgIpc) is 2.45. The van der Waals surface area contributed by atoms with Gasteiger partial charge in [-0.05, 0) is 37.3 Å². The number of guanidine groups is 1. The zero-order chi connectivity index (χ0) is 14.8. The van der Waals surface area contributed by atoms with Crippen molar-refractivity contribution in [3.8, 4) is 5.75 Å². The first-order valence-corrected chi connectivity index (χ1v) is 8.25. The topological polar surface area (TPSA) is 45.7 Å². The van der Waals surface area contributed by atoms with Gasteiger partial charge in [0, 0.05) is 18.8 Å². The standard InChI is InChI=1S/C15H25N3OS.HI/c1-5-16-15(17-8-9-20-4)18-11-13-6-7-14(19-3)12(2)10-13;/h6-7,10H,5,8-9,11H2,1-4H3,(H2,16,17,18);1H. The molecule has 2 N–H and O–H groups in total. The van der Waals surface area contributed by atoms with Gasteiger partial charge in [-0.3, -0.25) is 0 Å². The Morgan fingerprint density at radius 2 is 2.10 bits per heavy atom. The van der Waals surface area contributed by atoms with Gasteiger partial charge in [-0.2, -0.15) is 11.8 Å². The second-order valence-electron chi connectivity index (χ2n) is 4.42. The Kier molecular flexibility index (Phi) is 11.6. The number of ether oxygens (including phenoxy) is 1. The number of thioether (sulfide) groups is 1. The van der Waals surface area contributed by atoms with E-state index in [0.717, 1.165) is 36.1 Å². The molecule has 0 aromatic heterocycles. The summed E-state index contributed by atoms with van der Waals surface area (Å²) in [5, 5.41) is 6.58. The van der Waals surface area contributed by atoms with Crippen LogP contribution in [0.3, 0.4) is 0 Å². The van der Waals surface area contributed by atoms with E-state index in [1.165, 1.54) is 5.56 Å². The summed E-state index contributed by atoms with van der Waals surface area (Å²) in [5.74, 6) is 2.87. The molecule has 0 atom stereocenters. The number of rotatable bonds is 7. The molecule has 1 aromatic carbocycles. The van der Waals surface area contributed by atoms with Crippen LogP contribution >= 0.6 is 35.7 Å². The lowest BCUT2D eigenvalue weighted by Crippen LogP contribution is -2.38. The molecule has 1 aromatic rings. The van der Waals surface area contributed by atoms with E-state index in [1.807, 2.05) is 24.8 Å². The number of aliphatic imine (C=N–C) groups is 1. The molecule has 0 heterocycles.